The van der Waals surface area contributed by atoms with Crippen molar-refractivity contribution in [2.75, 3.05) is 0 Å². The Morgan fingerprint density at radius 3 is 2.44 bits per heavy atom. The predicted octanol–water partition coefficient (Wildman–Crippen LogP) is 8.01. The van der Waals surface area contributed by atoms with Gasteiger partial charge in [0.25, 0.3) is 5.70 Å². The first-order chi connectivity index (χ1) is 16.6. The van der Waals surface area contributed by atoms with Gasteiger partial charge in [-0.3, -0.25) is 0 Å². The lowest BCUT2D eigenvalue weighted by Crippen LogP contribution is -2.25. The molecule has 0 bridgehead atoms. The first-order valence-corrected chi connectivity index (χ1v) is 12.4. The summed E-state index contributed by atoms with van der Waals surface area (Å²) in [5.41, 5.74) is 10.3. The number of hydrogen-bond acceptors (Lipinski definition) is 4. The number of nitriles is 1. The SMILES string of the molecule is [C-]#[N+]/C(C#N)=C/c1ccc2c(c1)C(CCC)(CCC)c1cc(-c3cccc4nsnc34)ccc1-2. The molecule has 1 aliphatic carbocycles. The van der Waals surface area contributed by atoms with E-state index in [1.807, 2.05) is 18.2 Å². The minimum absolute atomic E-state index is 0.0901. The molecule has 0 saturated carbocycles. The minimum atomic E-state index is -0.0901. The zero-order chi connectivity index (χ0) is 23.7. The van der Waals surface area contributed by atoms with Crippen LogP contribution >= 0.6 is 11.7 Å². The molecule has 5 rings (SSSR count). The quantitative estimate of drug-likeness (QED) is 0.216. The maximum atomic E-state index is 9.25. The van der Waals surface area contributed by atoms with Gasteiger partial charge in [-0.25, -0.2) is 10.1 Å². The van der Waals surface area contributed by atoms with Crippen molar-refractivity contribution in [1.82, 2.24) is 8.75 Å². The second kappa shape index (κ2) is 8.86. The monoisotopic (exact) mass is 460 g/mol. The van der Waals surface area contributed by atoms with Gasteiger partial charge in [0, 0.05) is 11.0 Å². The maximum absolute atomic E-state index is 9.25. The van der Waals surface area contributed by atoms with Crippen LogP contribution in [-0.4, -0.2) is 8.75 Å². The van der Waals surface area contributed by atoms with Crippen LogP contribution in [0.2, 0.25) is 0 Å². The van der Waals surface area contributed by atoms with E-state index in [2.05, 4.69) is 69.9 Å². The van der Waals surface area contributed by atoms with E-state index in [0.717, 1.165) is 47.8 Å². The molecule has 0 aliphatic heterocycles. The number of nitrogens with zero attached hydrogens (tertiary/aromatic N) is 4. The summed E-state index contributed by atoms with van der Waals surface area (Å²) in [6, 6.07) is 21.4. The van der Waals surface area contributed by atoms with Gasteiger partial charge in [-0.05, 0) is 64.4 Å². The Labute approximate surface area is 204 Å². The van der Waals surface area contributed by atoms with Crippen molar-refractivity contribution >= 4 is 28.8 Å². The van der Waals surface area contributed by atoms with E-state index < -0.39 is 0 Å². The molecule has 0 unspecified atom stereocenters. The molecule has 5 heteroatoms. The van der Waals surface area contributed by atoms with Crippen LogP contribution in [0.1, 0.15) is 56.2 Å². The molecule has 166 valence electrons. The molecule has 0 spiro atoms. The van der Waals surface area contributed by atoms with Crippen molar-refractivity contribution in [1.29, 1.82) is 5.26 Å². The van der Waals surface area contributed by atoms with Crippen molar-refractivity contribution in [3.05, 3.63) is 88.4 Å². The summed E-state index contributed by atoms with van der Waals surface area (Å²) in [5.74, 6) is 0. The van der Waals surface area contributed by atoms with Gasteiger partial charge in [-0.15, -0.1) is 0 Å². The van der Waals surface area contributed by atoms with Crippen LogP contribution < -0.4 is 0 Å². The molecule has 1 aromatic heterocycles. The number of fused-ring (bicyclic) bond motifs is 4. The fraction of sp³-hybridized carbons (Fsp3) is 0.241. The normalized spacial score (nSPS) is 13.8. The summed E-state index contributed by atoms with van der Waals surface area (Å²) in [6.07, 6.45) is 5.93. The first kappa shape index (κ1) is 22.0. The van der Waals surface area contributed by atoms with Gasteiger partial charge in [0.15, 0.2) is 0 Å². The third kappa shape index (κ3) is 3.41. The maximum Gasteiger partial charge on any atom is 0.262 e. The molecule has 4 aromatic rings. The summed E-state index contributed by atoms with van der Waals surface area (Å²) >= 11 is 1.25. The van der Waals surface area contributed by atoms with E-state index >= 15 is 0 Å². The lowest BCUT2D eigenvalue weighted by Gasteiger charge is -2.32. The Morgan fingerprint density at radius 1 is 1.00 bits per heavy atom. The van der Waals surface area contributed by atoms with Crippen molar-refractivity contribution in [3.8, 4) is 28.3 Å². The second-order valence-corrected chi connectivity index (χ2v) is 9.37. The van der Waals surface area contributed by atoms with E-state index in [1.54, 1.807) is 6.08 Å². The molecular formula is C29H24N4S. The molecular weight excluding hydrogens is 436 g/mol. The fourth-order valence-electron chi connectivity index (χ4n) is 5.57. The van der Waals surface area contributed by atoms with Crippen LogP contribution in [0.15, 0.2) is 60.3 Å². The van der Waals surface area contributed by atoms with E-state index in [0.29, 0.717) is 0 Å². The minimum Gasteiger partial charge on any atom is -0.227 e. The van der Waals surface area contributed by atoms with Crippen LogP contribution in [0.4, 0.5) is 0 Å². The highest BCUT2D eigenvalue weighted by atomic mass is 32.1. The molecule has 0 saturated heterocycles. The van der Waals surface area contributed by atoms with Crippen LogP contribution in [-0.2, 0) is 5.41 Å². The van der Waals surface area contributed by atoms with Gasteiger partial charge >= 0.3 is 0 Å². The molecule has 3 aromatic carbocycles. The molecule has 0 fully saturated rings. The Hall–Kier alpha value is -3.80. The molecule has 0 atom stereocenters. The third-order valence-corrected chi connectivity index (χ3v) is 7.42. The highest BCUT2D eigenvalue weighted by Crippen LogP contribution is 2.55. The number of benzene rings is 3. The summed E-state index contributed by atoms with van der Waals surface area (Å²) in [5, 5.41) is 9.25. The zero-order valence-corrected chi connectivity index (χ0v) is 20.1. The number of hydrogen-bond donors (Lipinski definition) is 0. The van der Waals surface area contributed by atoms with Crippen LogP contribution in [0.5, 0.6) is 0 Å². The highest BCUT2D eigenvalue weighted by Gasteiger charge is 2.42. The zero-order valence-electron chi connectivity index (χ0n) is 19.3. The lowest BCUT2D eigenvalue weighted by molar-refractivity contribution is 0.436. The summed E-state index contributed by atoms with van der Waals surface area (Å²) in [4.78, 5) is 3.35. The topological polar surface area (TPSA) is 53.9 Å². The van der Waals surface area contributed by atoms with Gasteiger partial charge < -0.3 is 0 Å². The first-order valence-electron chi connectivity index (χ1n) is 11.7. The van der Waals surface area contributed by atoms with Gasteiger partial charge in [-0.1, -0.05) is 69.2 Å². The average molecular weight is 461 g/mol. The van der Waals surface area contributed by atoms with Crippen LogP contribution in [0.3, 0.4) is 0 Å². The van der Waals surface area contributed by atoms with Crippen molar-refractivity contribution in [2.45, 2.75) is 44.9 Å². The molecule has 34 heavy (non-hydrogen) atoms. The van der Waals surface area contributed by atoms with Gasteiger partial charge in [0.05, 0.1) is 24.4 Å². The smallest absolute Gasteiger partial charge is 0.227 e. The highest BCUT2D eigenvalue weighted by molar-refractivity contribution is 7.00. The van der Waals surface area contributed by atoms with Crippen LogP contribution in [0.25, 0.3) is 44.2 Å². The Kier molecular flexibility index (Phi) is 5.74. The Morgan fingerprint density at radius 2 is 1.74 bits per heavy atom. The van der Waals surface area contributed by atoms with Crippen molar-refractivity contribution in [2.24, 2.45) is 0 Å². The molecule has 0 amide bonds. The molecule has 1 heterocycles. The standard InChI is InChI=1S/C29H24N4S/c1-4-13-29(14-5-2)25-16-19(15-21(18-30)31-3)9-11-23(25)24-12-10-20(17-26(24)29)22-7-6-8-27-28(22)33-34-32-27/h6-12,15-17H,4-5,13-14H2,1-2H3/b21-15+. The van der Waals surface area contributed by atoms with Gasteiger partial charge in [-0.2, -0.15) is 8.75 Å². The Balaban J connectivity index is 1.73. The van der Waals surface area contributed by atoms with Crippen LogP contribution in [0, 0.1) is 17.9 Å². The lowest BCUT2D eigenvalue weighted by atomic mass is 9.71. The fourth-order valence-corrected chi connectivity index (χ4v) is 6.12. The van der Waals surface area contributed by atoms with Gasteiger partial charge in [0.1, 0.15) is 11.0 Å². The number of aromatic nitrogens is 2. The third-order valence-electron chi connectivity index (χ3n) is 6.87. The number of allylic oxidation sites excluding steroid dienone is 1. The second-order valence-electron chi connectivity index (χ2n) is 8.84. The number of rotatable bonds is 6. The summed E-state index contributed by atoms with van der Waals surface area (Å²) in [6.45, 7) is 11.7. The Bertz CT molecular complexity index is 1490. The van der Waals surface area contributed by atoms with Crippen molar-refractivity contribution in [3.63, 3.8) is 0 Å². The summed E-state index contributed by atoms with van der Waals surface area (Å²) < 4.78 is 8.99. The molecule has 1 aliphatic rings. The van der Waals surface area contributed by atoms with E-state index in [-0.39, 0.29) is 11.1 Å². The van der Waals surface area contributed by atoms with Crippen molar-refractivity contribution < 1.29 is 0 Å². The molecule has 0 radical (unpaired) electrons. The largest absolute Gasteiger partial charge is 0.262 e. The summed E-state index contributed by atoms with van der Waals surface area (Å²) in [7, 11) is 0. The van der Waals surface area contributed by atoms with Gasteiger partial charge in [0.2, 0.25) is 0 Å². The van der Waals surface area contributed by atoms with E-state index in [4.69, 9.17) is 6.57 Å². The van der Waals surface area contributed by atoms with E-state index in [1.165, 1.54) is 39.5 Å². The van der Waals surface area contributed by atoms with E-state index in [9.17, 15) is 5.26 Å². The predicted molar refractivity (Wildman–Crippen MR) is 139 cm³/mol. The molecule has 4 nitrogen and oxygen atoms in total. The molecule has 0 N–H and O–H groups in total. The average Bonchev–Trinajstić information content (AvgIpc) is 3.44.